The van der Waals surface area contributed by atoms with Crippen molar-refractivity contribution in [2.24, 2.45) is 5.92 Å². The maximum absolute atomic E-state index is 12.3. The topological polar surface area (TPSA) is 49.4 Å². The zero-order chi connectivity index (χ0) is 12.5. The third kappa shape index (κ3) is 2.30. The number of imide groups is 1. The van der Waals surface area contributed by atoms with Crippen LogP contribution >= 0.6 is 11.8 Å². The standard InChI is InChI=1S/C12H20N2O2S/c1-9-3-5-12(6-4-9)10(15)14(7-8-17-2)11(16)13-12/h9H,3-8H2,1-2H3,(H,13,16). The summed E-state index contributed by atoms with van der Waals surface area (Å²) in [4.78, 5) is 25.6. The zero-order valence-electron chi connectivity index (χ0n) is 10.5. The minimum atomic E-state index is -0.567. The molecule has 96 valence electrons. The fourth-order valence-corrected chi connectivity index (χ4v) is 3.02. The molecular weight excluding hydrogens is 236 g/mol. The third-order valence-electron chi connectivity index (χ3n) is 3.89. The van der Waals surface area contributed by atoms with Crippen molar-refractivity contribution in [2.45, 2.75) is 38.1 Å². The number of nitrogens with one attached hydrogen (secondary N) is 1. The molecule has 1 spiro atoms. The highest BCUT2D eigenvalue weighted by atomic mass is 32.2. The lowest BCUT2D eigenvalue weighted by Gasteiger charge is -2.33. The molecule has 3 amide bonds. The molecule has 0 aromatic carbocycles. The second-order valence-corrected chi connectivity index (χ2v) is 6.13. The van der Waals surface area contributed by atoms with E-state index < -0.39 is 5.54 Å². The highest BCUT2D eigenvalue weighted by Gasteiger charge is 2.51. The number of carbonyl (C=O) groups excluding carboxylic acids is 2. The molecule has 17 heavy (non-hydrogen) atoms. The summed E-state index contributed by atoms with van der Waals surface area (Å²) in [6.45, 7) is 2.74. The molecule has 2 rings (SSSR count). The van der Waals surface area contributed by atoms with Crippen LogP contribution in [0.15, 0.2) is 0 Å². The first-order valence-electron chi connectivity index (χ1n) is 6.22. The zero-order valence-corrected chi connectivity index (χ0v) is 11.3. The SMILES string of the molecule is CSCCN1C(=O)NC2(CCC(C)CC2)C1=O. The van der Waals surface area contributed by atoms with Gasteiger partial charge in [0.2, 0.25) is 0 Å². The molecule has 1 heterocycles. The maximum atomic E-state index is 12.3. The number of urea groups is 1. The minimum Gasteiger partial charge on any atom is -0.323 e. The van der Waals surface area contributed by atoms with Crippen molar-refractivity contribution in [1.82, 2.24) is 10.2 Å². The second kappa shape index (κ2) is 4.88. The number of thioether (sulfide) groups is 1. The predicted molar refractivity (Wildman–Crippen MR) is 69.0 cm³/mol. The van der Waals surface area contributed by atoms with Gasteiger partial charge in [-0.15, -0.1) is 0 Å². The Morgan fingerprint density at radius 3 is 2.65 bits per heavy atom. The van der Waals surface area contributed by atoms with Gasteiger partial charge in [-0.2, -0.15) is 11.8 Å². The average molecular weight is 256 g/mol. The quantitative estimate of drug-likeness (QED) is 0.784. The predicted octanol–water partition coefficient (Wildman–Crippen LogP) is 1.85. The van der Waals surface area contributed by atoms with Crippen LogP contribution in [0.4, 0.5) is 4.79 Å². The largest absolute Gasteiger partial charge is 0.325 e. The number of hydrogen-bond donors (Lipinski definition) is 1. The van der Waals surface area contributed by atoms with E-state index in [4.69, 9.17) is 0 Å². The lowest BCUT2D eigenvalue weighted by molar-refractivity contribution is -0.132. The average Bonchev–Trinajstić information content (AvgIpc) is 2.54. The first kappa shape index (κ1) is 12.7. The van der Waals surface area contributed by atoms with E-state index in [1.807, 2.05) is 6.26 Å². The van der Waals surface area contributed by atoms with Crippen molar-refractivity contribution in [3.05, 3.63) is 0 Å². The van der Waals surface area contributed by atoms with E-state index in [2.05, 4.69) is 12.2 Å². The monoisotopic (exact) mass is 256 g/mol. The summed E-state index contributed by atoms with van der Waals surface area (Å²) >= 11 is 1.65. The fraction of sp³-hybridized carbons (Fsp3) is 0.833. The summed E-state index contributed by atoms with van der Waals surface area (Å²) in [5.74, 6) is 1.49. The summed E-state index contributed by atoms with van der Waals surface area (Å²) < 4.78 is 0. The smallest absolute Gasteiger partial charge is 0.323 e. The van der Waals surface area contributed by atoms with Crippen LogP contribution in [0.5, 0.6) is 0 Å². The van der Waals surface area contributed by atoms with E-state index in [0.717, 1.165) is 31.4 Å². The van der Waals surface area contributed by atoms with Crippen LogP contribution in [0.25, 0.3) is 0 Å². The first-order chi connectivity index (χ1) is 8.09. The van der Waals surface area contributed by atoms with Crippen molar-refractivity contribution in [1.29, 1.82) is 0 Å². The number of hydrogen-bond acceptors (Lipinski definition) is 3. The molecule has 0 aromatic heterocycles. The molecule has 1 N–H and O–H groups in total. The molecule has 4 nitrogen and oxygen atoms in total. The Morgan fingerprint density at radius 2 is 2.06 bits per heavy atom. The Morgan fingerprint density at radius 1 is 1.41 bits per heavy atom. The van der Waals surface area contributed by atoms with Crippen molar-refractivity contribution in [3.8, 4) is 0 Å². The van der Waals surface area contributed by atoms with Crippen LogP contribution in [-0.2, 0) is 4.79 Å². The summed E-state index contributed by atoms with van der Waals surface area (Å²) in [5.41, 5.74) is -0.567. The number of nitrogens with zero attached hydrogens (tertiary/aromatic N) is 1. The van der Waals surface area contributed by atoms with Crippen molar-refractivity contribution >= 4 is 23.7 Å². The Balaban J connectivity index is 2.06. The van der Waals surface area contributed by atoms with E-state index in [0.29, 0.717) is 12.5 Å². The van der Waals surface area contributed by atoms with Crippen molar-refractivity contribution in [2.75, 3.05) is 18.6 Å². The lowest BCUT2D eigenvalue weighted by atomic mass is 9.77. The molecule has 0 radical (unpaired) electrons. The molecule has 1 aliphatic carbocycles. The molecule has 2 fully saturated rings. The Bertz CT molecular complexity index is 324. The highest BCUT2D eigenvalue weighted by molar-refractivity contribution is 7.98. The molecule has 0 bridgehead atoms. The normalized spacial score (nSPS) is 33.3. The molecule has 1 saturated carbocycles. The molecule has 0 aromatic rings. The Labute approximate surface area is 106 Å². The van der Waals surface area contributed by atoms with Gasteiger partial charge in [-0.3, -0.25) is 9.69 Å². The van der Waals surface area contributed by atoms with Gasteiger partial charge in [0.05, 0.1) is 0 Å². The molecule has 2 aliphatic rings. The molecule has 0 unspecified atom stereocenters. The van der Waals surface area contributed by atoms with Gasteiger partial charge < -0.3 is 5.32 Å². The molecule has 1 aliphatic heterocycles. The minimum absolute atomic E-state index is 0.00319. The van der Waals surface area contributed by atoms with Crippen LogP contribution in [0.1, 0.15) is 32.6 Å². The Hall–Kier alpha value is -0.710. The van der Waals surface area contributed by atoms with Crippen LogP contribution in [-0.4, -0.2) is 40.9 Å². The summed E-state index contributed by atoms with van der Waals surface area (Å²) in [6.07, 6.45) is 5.64. The van der Waals surface area contributed by atoms with Gasteiger partial charge in [-0.25, -0.2) is 4.79 Å². The van der Waals surface area contributed by atoms with Crippen molar-refractivity contribution < 1.29 is 9.59 Å². The Kier molecular flexibility index (Phi) is 3.66. The van der Waals surface area contributed by atoms with Crippen LogP contribution in [0.3, 0.4) is 0 Å². The summed E-state index contributed by atoms with van der Waals surface area (Å²) in [6, 6.07) is -0.196. The number of rotatable bonds is 3. The number of carbonyl (C=O) groups is 2. The maximum Gasteiger partial charge on any atom is 0.325 e. The third-order valence-corrected chi connectivity index (χ3v) is 4.48. The van der Waals surface area contributed by atoms with E-state index in [1.54, 1.807) is 11.8 Å². The second-order valence-electron chi connectivity index (χ2n) is 5.14. The van der Waals surface area contributed by atoms with E-state index >= 15 is 0 Å². The highest BCUT2D eigenvalue weighted by Crippen LogP contribution is 2.36. The van der Waals surface area contributed by atoms with E-state index in [-0.39, 0.29) is 11.9 Å². The van der Waals surface area contributed by atoms with Gasteiger partial charge in [-0.1, -0.05) is 6.92 Å². The lowest BCUT2D eigenvalue weighted by Crippen LogP contribution is -2.49. The van der Waals surface area contributed by atoms with Gasteiger partial charge in [0.25, 0.3) is 5.91 Å². The molecule has 5 heteroatoms. The van der Waals surface area contributed by atoms with Gasteiger partial charge in [0, 0.05) is 12.3 Å². The van der Waals surface area contributed by atoms with Crippen LogP contribution in [0, 0.1) is 5.92 Å². The van der Waals surface area contributed by atoms with E-state index in [1.165, 1.54) is 4.90 Å². The fourth-order valence-electron chi connectivity index (χ4n) is 2.66. The molecule has 0 atom stereocenters. The molecule has 1 saturated heterocycles. The van der Waals surface area contributed by atoms with Crippen LogP contribution < -0.4 is 5.32 Å². The van der Waals surface area contributed by atoms with E-state index in [9.17, 15) is 9.59 Å². The van der Waals surface area contributed by atoms with Gasteiger partial charge in [0.1, 0.15) is 5.54 Å². The number of amides is 3. The molecular formula is C12H20N2O2S. The van der Waals surface area contributed by atoms with Gasteiger partial charge in [-0.05, 0) is 37.9 Å². The first-order valence-corrected chi connectivity index (χ1v) is 7.61. The van der Waals surface area contributed by atoms with Gasteiger partial charge in [0.15, 0.2) is 0 Å². The summed E-state index contributed by atoms with van der Waals surface area (Å²) in [7, 11) is 0. The van der Waals surface area contributed by atoms with Crippen molar-refractivity contribution in [3.63, 3.8) is 0 Å². The van der Waals surface area contributed by atoms with Gasteiger partial charge >= 0.3 is 6.03 Å². The van der Waals surface area contributed by atoms with Crippen LogP contribution in [0.2, 0.25) is 0 Å². The summed E-state index contributed by atoms with van der Waals surface area (Å²) in [5, 5.41) is 2.93.